The molecule has 0 N–H and O–H groups in total. The van der Waals surface area contributed by atoms with Crippen LogP contribution in [0.4, 0.5) is 4.79 Å². The van der Waals surface area contributed by atoms with Crippen LogP contribution in [-0.4, -0.2) is 54.7 Å². The van der Waals surface area contributed by atoms with Crippen molar-refractivity contribution in [2.75, 3.05) is 26.3 Å². The maximum atomic E-state index is 12.8. The van der Waals surface area contributed by atoms with Gasteiger partial charge in [-0.1, -0.05) is 43.0 Å². The van der Waals surface area contributed by atoms with E-state index in [1.807, 2.05) is 30.3 Å². The predicted octanol–water partition coefficient (Wildman–Crippen LogP) is 3.13. The second-order valence-corrected chi connectivity index (χ2v) is 8.02. The molecule has 0 radical (unpaired) electrons. The minimum absolute atomic E-state index is 0.0249. The van der Waals surface area contributed by atoms with Crippen molar-refractivity contribution in [1.29, 1.82) is 0 Å². The lowest BCUT2D eigenvalue weighted by Crippen LogP contribution is -2.58. The molecule has 1 aromatic rings. The van der Waals surface area contributed by atoms with Crippen LogP contribution in [0.3, 0.4) is 0 Å². The zero-order valence-electron chi connectivity index (χ0n) is 17.3. The highest BCUT2D eigenvalue weighted by Gasteiger charge is 2.52. The number of esters is 1. The molecule has 0 spiro atoms. The summed E-state index contributed by atoms with van der Waals surface area (Å²) in [5.41, 5.74) is -1.37. The molecule has 158 valence electrons. The van der Waals surface area contributed by atoms with Crippen molar-refractivity contribution in [3.63, 3.8) is 0 Å². The molecular formula is C22H29NO6. The van der Waals surface area contributed by atoms with Gasteiger partial charge in [-0.15, -0.1) is 0 Å². The monoisotopic (exact) mass is 403 g/mol. The highest BCUT2D eigenvalue weighted by Crippen LogP contribution is 2.30. The van der Waals surface area contributed by atoms with Crippen molar-refractivity contribution < 1.29 is 28.6 Å². The van der Waals surface area contributed by atoms with Crippen LogP contribution in [0.15, 0.2) is 43.0 Å². The van der Waals surface area contributed by atoms with Gasteiger partial charge in [-0.2, -0.15) is 0 Å². The number of hydrogen-bond donors (Lipinski definition) is 0. The van der Waals surface area contributed by atoms with Gasteiger partial charge in [0.25, 0.3) is 0 Å². The van der Waals surface area contributed by atoms with E-state index < -0.39 is 23.1 Å². The molecule has 7 nitrogen and oxygen atoms in total. The van der Waals surface area contributed by atoms with Gasteiger partial charge < -0.3 is 19.1 Å². The van der Waals surface area contributed by atoms with Gasteiger partial charge >= 0.3 is 12.1 Å². The molecular weight excluding hydrogens is 374 g/mol. The van der Waals surface area contributed by atoms with Crippen molar-refractivity contribution >= 4 is 17.8 Å². The summed E-state index contributed by atoms with van der Waals surface area (Å²) in [7, 11) is 0. The van der Waals surface area contributed by atoms with Crippen LogP contribution < -0.4 is 0 Å². The van der Waals surface area contributed by atoms with E-state index in [2.05, 4.69) is 6.58 Å². The minimum atomic E-state index is -1.59. The largest absolute Gasteiger partial charge is 0.461 e. The third kappa shape index (κ3) is 6.15. The standard InChI is InChI=1S/C22H29NO6/c1-5-13-28-19(25)22(16-27-14-17-9-7-6-8-10-17)15-23(12-11-18(22)24)20(26)29-21(2,3)4/h5-10H,1,11-16H2,2-4H3. The number of benzene rings is 1. The molecule has 1 atom stereocenters. The summed E-state index contributed by atoms with van der Waals surface area (Å²) in [6.45, 7) is 8.86. The molecule has 1 aliphatic rings. The molecule has 29 heavy (non-hydrogen) atoms. The zero-order chi connectivity index (χ0) is 21.5. The van der Waals surface area contributed by atoms with E-state index >= 15 is 0 Å². The van der Waals surface area contributed by atoms with E-state index in [0.29, 0.717) is 0 Å². The Morgan fingerprint density at radius 2 is 1.93 bits per heavy atom. The molecule has 1 fully saturated rings. The Morgan fingerprint density at radius 3 is 2.55 bits per heavy atom. The summed E-state index contributed by atoms with van der Waals surface area (Å²) in [6.07, 6.45) is 0.876. The second kappa shape index (κ2) is 9.69. The Balaban J connectivity index is 2.18. The fourth-order valence-corrected chi connectivity index (χ4v) is 3.00. The summed E-state index contributed by atoms with van der Waals surface area (Å²) < 4.78 is 16.3. The lowest BCUT2D eigenvalue weighted by atomic mass is 9.79. The molecule has 2 rings (SSSR count). The van der Waals surface area contributed by atoms with E-state index in [1.165, 1.54) is 11.0 Å². The van der Waals surface area contributed by atoms with Crippen molar-refractivity contribution in [1.82, 2.24) is 4.90 Å². The topological polar surface area (TPSA) is 82.1 Å². The number of nitrogens with zero attached hydrogens (tertiary/aromatic N) is 1. The van der Waals surface area contributed by atoms with Gasteiger partial charge in [-0.05, 0) is 26.3 Å². The van der Waals surface area contributed by atoms with E-state index in [9.17, 15) is 14.4 Å². The number of rotatable bonds is 7. The number of carbonyl (C=O) groups excluding carboxylic acids is 3. The molecule has 1 amide bonds. The number of ketones is 1. The summed E-state index contributed by atoms with van der Waals surface area (Å²) in [5, 5.41) is 0. The number of ether oxygens (including phenoxy) is 3. The van der Waals surface area contributed by atoms with Gasteiger partial charge in [-0.25, -0.2) is 4.79 Å². The number of hydrogen-bond acceptors (Lipinski definition) is 6. The van der Waals surface area contributed by atoms with Gasteiger partial charge in [0.05, 0.1) is 13.2 Å². The van der Waals surface area contributed by atoms with Crippen LogP contribution in [0.2, 0.25) is 0 Å². The highest BCUT2D eigenvalue weighted by molar-refractivity contribution is 6.05. The molecule has 1 aromatic carbocycles. The Labute approximate surface area is 171 Å². The van der Waals surface area contributed by atoms with Crippen LogP contribution >= 0.6 is 0 Å². The fourth-order valence-electron chi connectivity index (χ4n) is 3.00. The Morgan fingerprint density at radius 1 is 1.24 bits per heavy atom. The SMILES string of the molecule is C=CCOC(=O)C1(COCc2ccccc2)CN(C(=O)OC(C)(C)C)CCC1=O. The van der Waals surface area contributed by atoms with Crippen molar-refractivity contribution in [3.8, 4) is 0 Å². The van der Waals surface area contributed by atoms with Crippen LogP contribution in [0.1, 0.15) is 32.8 Å². The number of amides is 1. The number of Topliss-reactive ketones (excluding diaryl/α,β-unsaturated/α-hetero) is 1. The molecule has 1 unspecified atom stereocenters. The van der Waals surface area contributed by atoms with Crippen LogP contribution in [0.5, 0.6) is 0 Å². The van der Waals surface area contributed by atoms with Crippen LogP contribution in [-0.2, 0) is 30.4 Å². The van der Waals surface area contributed by atoms with E-state index in [0.717, 1.165) is 5.56 Å². The van der Waals surface area contributed by atoms with Gasteiger partial charge in [-0.3, -0.25) is 9.59 Å². The first-order valence-corrected chi connectivity index (χ1v) is 9.59. The summed E-state index contributed by atoms with van der Waals surface area (Å²) in [4.78, 5) is 39.6. The second-order valence-electron chi connectivity index (χ2n) is 8.02. The molecule has 1 aliphatic heterocycles. The number of likely N-dealkylation sites (tertiary alicyclic amines) is 1. The van der Waals surface area contributed by atoms with E-state index in [4.69, 9.17) is 14.2 Å². The zero-order valence-corrected chi connectivity index (χ0v) is 17.3. The van der Waals surface area contributed by atoms with Crippen LogP contribution in [0, 0.1) is 5.41 Å². The van der Waals surface area contributed by atoms with Crippen LogP contribution in [0.25, 0.3) is 0 Å². The number of piperidine rings is 1. The molecule has 0 saturated carbocycles. The van der Waals surface area contributed by atoms with Gasteiger partial charge in [0, 0.05) is 19.5 Å². The average Bonchev–Trinajstić information content (AvgIpc) is 2.67. The first-order chi connectivity index (χ1) is 13.7. The third-order valence-corrected chi connectivity index (χ3v) is 4.44. The Bertz CT molecular complexity index is 739. The first kappa shape index (κ1) is 22.6. The molecule has 0 bridgehead atoms. The molecule has 1 saturated heterocycles. The van der Waals surface area contributed by atoms with E-state index in [1.54, 1.807) is 20.8 Å². The maximum absolute atomic E-state index is 12.8. The number of carbonyl (C=O) groups is 3. The smallest absolute Gasteiger partial charge is 0.410 e. The lowest BCUT2D eigenvalue weighted by Gasteiger charge is -2.39. The molecule has 0 aliphatic carbocycles. The lowest BCUT2D eigenvalue weighted by molar-refractivity contribution is -0.168. The molecule has 7 heteroatoms. The predicted molar refractivity (Wildman–Crippen MR) is 107 cm³/mol. The normalized spacial score (nSPS) is 19.6. The van der Waals surface area contributed by atoms with Gasteiger partial charge in [0.15, 0.2) is 11.2 Å². The summed E-state index contributed by atoms with van der Waals surface area (Å²) >= 11 is 0. The van der Waals surface area contributed by atoms with Crippen molar-refractivity contribution in [2.24, 2.45) is 5.41 Å². The van der Waals surface area contributed by atoms with Gasteiger partial charge in [0.2, 0.25) is 0 Å². The average molecular weight is 403 g/mol. The fraction of sp³-hybridized carbons (Fsp3) is 0.500. The first-order valence-electron chi connectivity index (χ1n) is 9.59. The molecule has 1 heterocycles. The Hall–Kier alpha value is -2.67. The Kier molecular flexibility index (Phi) is 7.56. The minimum Gasteiger partial charge on any atom is -0.461 e. The quantitative estimate of drug-likeness (QED) is 0.395. The third-order valence-electron chi connectivity index (χ3n) is 4.44. The van der Waals surface area contributed by atoms with Gasteiger partial charge in [0.1, 0.15) is 12.2 Å². The highest BCUT2D eigenvalue weighted by atomic mass is 16.6. The summed E-state index contributed by atoms with van der Waals surface area (Å²) in [5.74, 6) is -1.02. The molecule has 0 aromatic heterocycles. The summed E-state index contributed by atoms with van der Waals surface area (Å²) in [6, 6.07) is 9.42. The van der Waals surface area contributed by atoms with Crippen molar-refractivity contribution in [2.45, 2.75) is 39.4 Å². The maximum Gasteiger partial charge on any atom is 0.410 e. The van der Waals surface area contributed by atoms with Crippen molar-refractivity contribution in [3.05, 3.63) is 48.6 Å². The van der Waals surface area contributed by atoms with E-state index in [-0.39, 0.29) is 45.1 Å².